The van der Waals surface area contributed by atoms with Gasteiger partial charge in [0.15, 0.2) is 0 Å². The molecular formula is C19H26N2O3. The molecule has 0 aliphatic carbocycles. The van der Waals surface area contributed by atoms with Crippen molar-refractivity contribution >= 4 is 23.8 Å². The van der Waals surface area contributed by atoms with E-state index < -0.39 is 0 Å². The summed E-state index contributed by atoms with van der Waals surface area (Å²) >= 11 is 0. The van der Waals surface area contributed by atoms with Gasteiger partial charge in [-0.1, -0.05) is 25.5 Å². The molecule has 1 aromatic carbocycles. The number of nitrogens with zero attached hydrogens (tertiary/aromatic N) is 1. The molecule has 1 atom stereocenters. The molecule has 1 saturated heterocycles. The summed E-state index contributed by atoms with van der Waals surface area (Å²) in [6.07, 6.45) is 6.49. The number of benzene rings is 1. The number of ether oxygens (including phenoxy) is 1. The normalized spacial score (nSPS) is 17.8. The van der Waals surface area contributed by atoms with Crippen LogP contribution in [-0.4, -0.2) is 36.6 Å². The summed E-state index contributed by atoms with van der Waals surface area (Å²) in [5.74, 6) is 0.255. The van der Waals surface area contributed by atoms with Crippen LogP contribution >= 0.6 is 0 Å². The van der Waals surface area contributed by atoms with Crippen molar-refractivity contribution in [2.24, 2.45) is 5.92 Å². The number of nitrogens with one attached hydrogen (secondary N) is 1. The van der Waals surface area contributed by atoms with Gasteiger partial charge in [0.25, 0.3) is 0 Å². The third-order valence-corrected chi connectivity index (χ3v) is 4.24. The Kier molecular flexibility index (Phi) is 6.85. The van der Waals surface area contributed by atoms with Gasteiger partial charge in [-0.05, 0) is 49.5 Å². The molecule has 0 radical (unpaired) electrons. The van der Waals surface area contributed by atoms with E-state index in [9.17, 15) is 9.59 Å². The highest BCUT2D eigenvalue weighted by Gasteiger charge is 2.22. The Labute approximate surface area is 143 Å². The molecule has 1 N–H and O–H groups in total. The van der Waals surface area contributed by atoms with E-state index in [1.165, 1.54) is 12.5 Å². The van der Waals surface area contributed by atoms with Crippen molar-refractivity contribution in [3.8, 4) is 0 Å². The van der Waals surface area contributed by atoms with Crippen molar-refractivity contribution in [2.45, 2.75) is 33.1 Å². The molecule has 1 fully saturated rings. The monoisotopic (exact) mass is 330 g/mol. The van der Waals surface area contributed by atoms with Gasteiger partial charge in [0.2, 0.25) is 0 Å². The van der Waals surface area contributed by atoms with E-state index >= 15 is 0 Å². The number of rotatable bonds is 5. The molecule has 0 bridgehead atoms. The standard InChI is InChI=1S/C19H26N2O3/c1-3-15-6-5-13-21(14-15)19(23)20-17-10-7-16(8-11-17)9-12-18(22)24-4-2/h7-12,15H,3-6,13-14H2,1-2H3,(H,20,23)/b12-9-/t15-/m0/s1. The van der Waals surface area contributed by atoms with Gasteiger partial charge in [0.1, 0.15) is 0 Å². The lowest BCUT2D eigenvalue weighted by Gasteiger charge is -2.32. The second-order valence-electron chi connectivity index (χ2n) is 6.00. The highest BCUT2D eigenvalue weighted by atomic mass is 16.5. The molecule has 2 rings (SSSR count). The van der Waals surface area contributed by atoms with Crippen molar-refractivity contribution in [1.29, 1.82) is 0 Å². The average Bonchev–Trinajstić information content (AvgIpc) is 2.61. The van der Waals surface area contributed by atoms with Crippen LogP contribution in [0.3, 0.4) is 0 Å². The lowest BCUT2D eigenvalue weighted by Crippen LogP contribution is -2.42. The minimum Gasteiger partial charge on any atom is -0.463 e. The van der Waals surface area contributed by atoms with Crippen molar-refractivity contribution in [1.82, 2.24) is 4.90 Å². The number of hydrogen-bond acceptors (Lipinski definition) is 3. The number of carbonyl (C=O) groups excluding carboxylic acids is 2. The maximum absolute atomic E-state index is 12.3. The number of likely N-dealkylation sites (tertiary alicyclic amines) is 1. The van der Waals surface area contributed by atoms with E-state index in [1.807, 2.05) is 29.2 Å². The Hall–Kier alpha value is -2.30. The zero-order chi connectivity index (χ0) is 17.4. The molecule has 0 saturated carbocycles. The molecule has 1 aromatic rings. The second-order valence-corrected chi connectivity index (χ2v) is 6.00. The van der Waals surface area contributed by atoms with E-state index in [1.54, 1.807) is 13.0 Å². The number of amides is 2. The van der Waals surface area contributed by atoms with Gasteiger partial charge in [0.05, 0.1) is 6.61 Å². The molecule has 5 nitrogen and oxygen atoms in total. The SMILES string of the molecule is CCOC(=O)/C=C\c1ccc(NC(=O)N2CCC[C@H](CC)C2)cc1. The summed E-state index contributed by atoms with van der Waals surface area (Å²) in [6, 6.07) is 7.35. The summed E-state index contributed by atoms with van der Waals surface area (Å²) in [5, 5.41) is 2.94. The van der Waals surface area contributed by atoms with E-state index in [0.29, 0.717) is 12.5 Å². The van der Waals surface area contributed by atoms with Crippen LogP contribution in [-0.2, 0) is 9.53 Å². The predicted molar refractivity (Wildman–Crippen MR) is 95.7 cm³/mol. The zero-order valence-electron chi connectivity index (χ0n) is 14.5. The van der Waals surface area contributed by atoms with Gasteiger partial charge in [-0.15, -0.1) is 0 Å². The van der Waals surface area contributed by atoms with E-state index in [2.05, 4.69) is 12.2 Å². The van der Waals surface area contributed by atoms with Crippen LogP contribution in [0.5, 0.6) is 0 Å². The van der Waals surface area contributed by atoms with Crippen LogP contribution in [0, 0.1) is 5.92 Å². The molecule has 2 amide bonds. The molecule has 0 unspecified atom stereocenters. The summed E-state index contributed by atoms with van der Waals surface area (Å²) in [4.78, 5) is 25.5. The van der Waals surface area contributed by atoms with Gasteiger partial charge in [-0.3, -0.25) is 0 Å². The van der Waals surface area contributed by atoms with Gasteiger partial charge < -0.3 is 15.0 Å². The first kappa shape index (κ1) is 18.0. The Balaban J connectivity index is 1.89. The number of urea groups is 1. The quantitative estimate of drug-likeness (QED) is 0.657. The number of esters is 1. The molecule has 1 heterocycles. The summed E-state index contributed by atoms with van der Waals surface area (Å²) < 4.78 is 4.84. The molecule has 0 aromatic heterocycles. The lowest BCUT2D eigenvalue weighted by atomic mass is 9.96. The van der Waals surface area contributed by atoms with E-state index in [0.717, 1.165) is 37.2 Å². The van der Waals surface area contributed by atoms with E-state index in [4.69, 9.17) is 4.74 Å². The first-order chi connectivity index (χ1) is 11.6. The van der Waals surface area contributed by atoms with E-state index in [-0.39, 0.29) is 12.0 Å². The maximum atomic E-state index is 12.3. The van der Waals surface area contributed by atoms with Gasteiger partial charge >= 0.3 is 12.0 Å². The van der Waals surface area contributed by atoms with Gasteiger partial charge in [-0.25, -0.2) is 9.59 Å². The van der Waals surface area contributed by atoms with Crippen molar-refractivity contribution in [3.63, 3.8) is 0 Å². The Morgan fingerprint density at radius 3 is 2.71 bits per heavy atom. The fourth-order valence-corrected chi connectivity index (χ4v) is 2.82. The zero-order valence-corrected chi connectivity index (χ0v) is 14.5. The fraction of sp³-hybridized carbons (Fsp3) is 0.474. The van der Waals surface area contributed by atoms with Crippen molar-refractivity contribution in [3.05, 3.63) is 35.9 Å². The maximum Gasteiger partial charge on any atom is 0.330 e. The summed E-state index contributed by atoms with van der Waals surface area (Å²) in [7, 11) is 0. The first-order valence-corrected chi connectivity index (χ1v) is 8.63. The largest absolute Gasteiger partial charge is 0.463 e. The Morgan fingerprint density at radius 2 is 2.04 bits per heavy atom. The number of hydrogen-bond donors (Lipinski definition) is 1. The third kappa shape index (κ3) is 5.41. The molecule has 1 aliphatic heterocycles. The van der Waals surface area contributed by atoms with Crippen LogP contribution in [0.2, 0.25) is 0 Å². The van der Waals surface area contributed by atoms with Crippen LogP contribution in [0.25, 0.3) is 6.08 Å². The summed E-state index contributed by atoms with van der Waals surface area (Å²) in [5.41, 5.74) is 1.64. The molecule has 0 spiro atoms. The highest BCUT2D eigenvalue weighted by Crippen LogP contribution is 2.20. The highest BCUT2D eigenvalue weighted by molar-refractivity contribution is 5.90. The van der Waals surface area contributed by atoms with Crippen LogP contribution < -0.4 is 5.32 Å². The van der Waals surface area contributed by atoms with Crippen LogP contribution in [0.15, 0.2) is 30.3 Å². The number of piperidine rings is 1. The van der Waals surface area contributed by atoms with Crippen LogP contribution in [0.4, 0.5) is 10.5 Å². The number of carbonyl (C=O) groups is 2. The minimum absolute atomic E-state index is 0.0389. The minimum atomic E-state index is -0.356. The molecule has 24 heavy (non-hydrogen) atoms. The molecule has 5 heteroatoms. The average molecular weight is 330 g/mol. The molecule has 130 valence electrons. The fourth-order valence-electron chi connectivity index (χ4n) is 2.82. The van der Waals surface area contributed by atoms with Crippen molar-refractivity contribution in [2.75, 3.05) is 25.0 Å². The van der Waals surface area contributed by atoms with Gasteiger partial charge in [-0.2, -0.15) is 0 Å². The van der Waals surface area contributed by atoms with Gasteiger partial charge in [0, 0.05) is 24.9 Å². The smallest absolute Gasteiger partial charge is 0.330 e. The first-order valence-electron chi connectivity index (χ1n) is 8.63. The van der Waals surface area contributed by atoms with Crippen LogP contribution in [0.1, 0.15) is 38.7 Å². The lowest BCUT2D eigenvalue weighted by molar-refractivity contribution is -0.137. The number of anilines is 1. The summed E-state index contributed by atoms with van der Waals surface area (Å²) in [6.45, 7) is 5.97. The Bertz CT molecular complexity index is 581. The predicted octanol–water partition coefficient (Wildman–Crippen LogP) is 3.92. The molecular weight excluding hydrogens is 304 g/mol. The topological polar surface area (TPSA) is 58.6 Å². The molecule has 1 aliphatic rings. The van der Waals surface area contributed by atoms with Crippen molar-refractivity contribution < 1.29 is 14.3 Å². The third-order valence-electron chi connectivity index (χ3n) is 4.24. The second kappa shape index (κ2) is 9.11. The Morgan fingerprint density at radius 1 is 1.29 bits per heavy atom.